The van der Waals surface area contributed by atoms with Crippen molar-refractivity contribution in [3.05, 3.63) is 0 Å². The number of piperidine rings is 2. The zero-order valence-corrected chi connectivity index (χ0v) is 14.3. The van der Waals surface area contributed by atoms with E-state index in [1.807, 2.05) is 6.92 Å². The van der Waals surface area contributed by atoms with Crippen LogP contribution in [-0.4, -0.2) is 48.1 Å². The van der Waals surface area contributed by atoms with E-state index in [1.165, 1.54) is 0 Å². The Morgan fingerprint density at radius 2 is 1.85 bits per heavy atom. The second-order valence-electron chi connectivity index (χ2n) is 6.55. The van der Waals surface area contributed by atoms with Crippen LogP contribution >= 0.6 is 11.6 Å². The number of hydrogen-bond acceptors (Lipinski definition) is 2. The number of alkyl halides is 1. The molecule has 4 unspecified atom stereocenters. The molecular formula is C14H27ClN2O2S. The SMILES string of the molecule is CC1CC(C)C(C)N(S(=O)(=O)N2CCCCC2CCl)C1. The summed E-state index contributed by atoms with van der Waals surface area (Å²) in [5, 5.41) is 0. The molecule has 0 bridgehead atoms. The van der Waals surface area contributed by atoms with Gasteiger partial charge in [-0.25, -0.2) is 0 Å². The van der Waals surface area contributed by atoms with Crippen molar-refractivity contribution in [2.75, 3.05) is 19.0 Å². The molecule has 0 spiro atoms. The number of rotatable bonds is 3. The third-order valence-corrected chi connectivity index (χ3v) is 7.39. The van der Waals surface area contributed by atoms with Crippen molar-refractivity contribution in [3.63, 3.8) is 0 Å². The average Bonchev–Trinajstić information content (AvgIpc) is 2.42. The second-order valence-corrected chi connectivity index (χ2v) is 8.69. The number of nitrogens with zero attached hydrogens (tertiary/aromatic N) is 2. The molecule has 2 saturated heterocycles. The van der Waals surface area contributed by atoms with Crippen molar-refractivity contribution < 1.29 is 8.42 Å². The van der Waals surface area contributed by atoms with E-state index in [9.17, 15) is 8.42 Å². The molecule has 2 fully saturated rings. The van der Waals surface area contributed by atoms with Gasteiger partial charge in [0.15, 0.2) is 0 Å². The van der Waals surface area contributed by atoms with E-state index in [4.69, 9.17) is 11.6 Å². The summed E-state index contributed by atoms with van der Waals surface area (Å²) in [6.45, 7) is 7.58. The van der Waals surface area contributed by atoms with E-state index in [2.05, 4.69) is 13.8 Å². The molecule has 4 nitrogen and oxygen atoms in total. The molecule has 0 amide bonds. The lowest BCUT2D eigenvalue weighted by Crippen LogP contribution is -2.57. The van der Waals surface area contributed by atoms with Crippen molar-refractivity contribution >= 4 is 21.8 Å². The van der Waals surface area contributed by atoms with Crippen molar-refractivity contribution in [3.8, 4) is 0 Å². The van der Waals surface area contributed by atoms with Crippen LogP contribution in [0.25, 0.3) is 0 Å². The van der Waals surface area contributed by atoms with Crippen LogP contribution in [0, 0.1) is 11.8 Å². The summed E-state index contributed by atoms with van der Waals surface area (Å²) >= 11 is 5.99. The first-order valence-corrected chi connectivity index (χ1v) is 9.65. The summed E-state index contributed by atoms with van der Waals surface area (Å²) < 4.78 is 29.4. The lowest BCUT2D eigenvalue weighted by Gasteiger charge is -2.44. The summed E-state index contributed by atoms with van der Waals surface area (Å²) in [4.78, 5) is 0. The van der Waals surface area contributed by atoms with Crippen LogP contribution in [0.4, 0.5) is 0 Å². The average molecular weight is 323 g/mol. The molecule has 0 aliphatic carbocycles. The Morgan fingerprint density at radius 1 is 1.15 bits per heavy atom. The molecule has 0 radical (unpaired) electrons. The van der Waals surface area contributed by atoms with Gasteiger partial charge in [0.25, 0.3) is 10.2 Å². The molecular weight excluding hydrogens is 296 g/mol. The Labute approximate surface area is 128 Å². The molecule has 20 heavy (non-hydrogen) atoms. The standard InChI is InChI=1S/C14H27ClN2O2S/c1-11-8-12(2)13(3)17(10-11)20(18,19)16-7-5-4-6-14(16)9-15/h11-14H,4-10H2,1-3H3. The molecule has 0 saturated carbocycles. The van der Waals surface area contributed by atoms with E-state index in [0.717, 1.165) is 25.7 Å². The monoisotopic (exact) mass is 322 g/mol. The van der Waals surface area contributed by atoms with Crippen LogP contribution in [-0.2, 0) is 10.2 Å². The first-order valence-electron chi connectivity index (χ1n) is 7.72. The summed E-state index contributed by atoms with van der Waals surface area (Å²) in [5.41, 5.74) is 0. The van der Waals surface area contributed by atoms with Crippen LogP contribution in [0.5, 0.6) is 0 Å². The maximum Gasteiger partial charge on any atom is 0.282 e. The molecule has 0 aromatic heterocycles. The van der Waals surface area contributed by atoms with Gasteiger partial charge < -0.3 is 0 Å². The van der Waals surface area contributed by atoms with Gasteiger partial charge in [0.2, 0.25) is 0 Å². The van der Waals surface area contributed by atoms with E-state index in [-0.39, 0.29) is 12.1 Å². The lowest BCUT2D eigenvalue weighted by atomic mass is 9.88. The molecule has 2 heterocycles. The molecule has 6 heteroatoms. The molecule has 0 aromatic rings. The minimum absolute atomic E-state index is 0.0323. The van der Waals surface area contributed by atoms with E-state index >= 15 is 0 Å². The molecule has 4 atom stereocenters. The highest BCUT2D eigenvalue weighted by atomic mass is 35.5. The van der Waals surface area contributed by atoms with Gasteiger partial charge in [0, 0.05) is 31.1 Å². The normalized spacial score (nSPS) is 38.0. The highest BCUT2D eigenvalue weighted by Gasteiger charge is 2.42. The lowest BCUT2D eigenvalue weighted by molar-refractivity contribution is 0.140. The summed E-state index contributed by atoms with van der Waals surface area (Å²) in [5.74, 6) is 1.23. The van der Waals surface area contributed by atoms with Crippen LogP contribution in [0.2, 0.25) is 0 Å². The second kappa shape index (κ2) is 6.51. The first kappa shape index (κ1) is 16.5. The Balaban J connectivity index is 2.23. The molecule has 0 N–H and O–H groups in total. The zero-order chi connectivity index (χ0) is 14.9. The van der Waals surface area contributed by atoms with Crippen LogP contribution in [0.15, 0.2) is 0 Å². The van der Waals surface area contributed by atoms with Gasteiger partial charge in [-0.3, -0.25) is 0 Å². The van der Waals surface area contributed by atoms with Crippen molar-refractivity contribution in [2.45, 2.75) is 58.5 Å². The highest BCUT2D eigenvalue weighted by molar-refractivity contribution is 7.86. The molecule has 0 aromatic carbocycles. The summed E-state index contributed by atoms with van der Waals surface area (Å²) in [6, 6.07) is 0.0456. The van der Waals surface area contributed by atoms with Crippen LogP contribution in [0.1, 0.15) is 46.5 Å². The van der Waals surface area contributed by atoms with Crippen molar-refractivity contribution in [2.24, 2.45) is 11.8 Å². The molecule has 2 aliphatic rings. The maximum atomic E-state index is 13.0. The minimum atomic E-state index is -3.38. The minimum Gasteiger partial charge on any atom is -0.195 e. The fraction of sp³-hybridized carbons (Fsp3) is 1.00. The van der Waals surface area contributed by atoms with Gasteiger partial charge in [0.05, 0.1) is 0 Å². The van der Waals surface area contributed by atoms with Crippen LogP contribution < -0.4 is 0 Å². The van der Waals surface area contributed by atoms with Crippen molar-refractivity contribution in [1.29, 1.82) is 0 Å². The van der Waals surface area contributed by atoms with Gasteiger partial charge in [-0.05, 0) is 38.0 Å². The number of halogens is 1. The predicted molar refractivity (Wildman–Crippen MR) is 83.1 cm³/mol. The third-order valence-electron chi connectivity index (χ3n) is 4.89. The fourth-order valence-corrected chi connectivity index (χ4v) is 6.19. The topological polar surface area (TPSA) is 40.6 Å². The van der Waals surface area contributed by atoms with Gasteiger partial charge in [-0.2, -0.15) is 17.0 Å². The van der Waals surface area contributed by atoms with E-state index in [1.54, 1.807) is 8.61 Å². The van der Waals surface area contributed by atoms with Gasteiger partial charge in [0.1, 0.15) is 0 Å². The number of hydrogen-bond donors (Lipinski definition) is 0. The molecule has 2 rings (SSSR count). The fourth-order valence-electron chi connectivity index (χ4n) is 3.53. The molecule has 118 valence electrons. The third kappa shape index (κ3) is 3.16. The Morgan fingerprint density at radius 3 is 2.50 bits per heavy atom. The summed E-state index contributed by atoms with van der Waals surface area (Å²) in [7, 11) is -3.38. The highest BCUT2D eigenvalue weighted by Crippen LogP contribution is 2.32. The van der Waals surface area contributed by atoms with Gasteiger partial charge >= 0.3 is 0 Å². The smallest absolute Gasteiger partial charge is 0.195 e. The Hall–Kier alpha value is 0.160. The maximum absolute atomic E-state index is 13.0. The van der Waals surface area contributed by atoms with Gasteiger partial charge in [-0.1, -0.05) is 20.3 Å². The largest absolute Gasteiger partial charge is 0.282 e. The quantitative estimate of drug-likeness (QED) is 0.750. The molecule has 2 aliphatic heterocycles. The first-order chi connectivity index (χ1) is 9.37. The Kier molecular flexibility index (Phi) is 5.38. The summed E-state index contributed by atoms with van der Waals surface area (Å²) in [6.07, 6.45) is 4.01. The Bertz CT molecular complexity index is 429. The van der Waals surface area contributed by atoms with Gasteiger partial charge in [-0.15, -0.1) is 11.6 Å². The van der Waals surface area contributed by atoms with Crippen molar-refractivity contribution in [1.82, 2.24) is 8.61 Å². The van der Waals surface area contributed by atoms with Crippen LogP contribution in [0.3, 0.4) is 0 Å². The zero-order valence-electron chi connectivity index (χ0n) is 12.8. The van der Waals surface area contributed by atoms with E-state index < -0.39 is 10.2 Å². The predicted octanol–water partition coefficient (Wildman–Crippen LogP) is 2.69. The van der Waals surface area contributed by atoms with E-state index in [0.29, 0.717) is 30.8 Å².